The third kappa shape index (κ3) is 7.86. The van der Waals surface area contributed by atoms with Crippen molar-refractivity contribution in [1.29, 1.82) is 0 Å². The van der Waals surface area contributed by atoms with Crippen LogP contribution in [0.5, 0.6) is 0 Å². The first kappa shape index (κ1) is 18.3. The van der Waals surface area contributed by atoms with E-state index in [1.54, 1.807) is 23.3 Å². The van der Waals surface area contributed by atoms with Crippen LogP contribution in [0.3, 0.4) is 0 Å². The van der Waals surface area contributed by atoms with Crippen molar-refractivity contribution in [2.24, 2.45) is 5.73 Å². The molecule has 0 unspecified atom stereocenters. The molecule has 0 radical (unpaired) electrons. The summed E-state index contributed by atoms with van der Waals surface area (Å²) in [6.45, 7) is 2.75. The number of allylic oxidation sites excluding steroid dienone is 2. The van der Waals surface area contributed by atoms with E-state index in [0.29, 0.717) is 18.5 Å². The third-order valence-corrected chi connectivity index (χ3v) is 3.66. The Bertz CT molecular complexity index is 416. The molecule has 0 spiro atoms. The second kappa shape index (κ2) is 10.9. The Morgan fingerprint density at radius 3 is 2.55 bits per heavy atom. The van der Waals surface area contributed by atoms with Gasteiger partial charge in [-0.25, -0.2) is 0 Å². The van der Waals surface area contributed by atoms with Crippen LogP contribution in [0, 0.1) is 0 Å². The van der Waals surface area contributed by atoms with Crippen LogP contribution in [0.25, 0.3) is 0 Å². The molecule has 0 aliphatic carbocycles. The highest BCUT2D eigenvalue weighted by Crippen LogP contribution is 2.10. The van der Waals surface area contributed by atoms with E-state index in [9.17, 15) is 9.59 Å². The number of nitrogens with zero attached hydrogens (tertiary/aromatic N) is 1. The quantitative estimate of drug-likeness (QED) is 0.470. The van der Waals surface area contributed by atoms with E-state index in [2.05, 4.69) is 6.92 Å². The second-order valence-corrected chi connectivity index (χ2v) is 5.66. The largest absolute Gasteiger partial charge is 0.444 e. The molecule has 124 valence electrons. The van der Waals surface area contributed by atoms with E-state index in [1.807, 2.05) is 0 Å². The highest BCUT2D eigenvalue weighted by Gasteiger charge is 2.13. The number of carbonyl (C=O) groups is 2. The van der Waals surface area contributed by atoms with Crippen molar-refractivity contribution in [3.8, 4) is 0 Å². The Morgan fingerprint density at radius 2 is 1.86 bits per heavy atom. The Kier molecular flexibility index (Phi) is 9.03. The molecule has 1 heterocycles. The van der Waals surface area contributed by atoms with Gasteiger partial charge in [0.15, 0.2) is 6.73 Å². The normalized spacial score (nSPS) is 13.9. The Morgan fingerprint density at radius 1 is 1.18 bits per heavy atom. The zero-order chi connectivity index (χ0) is 16.2. The fraction of sp³-hybridized carbons (Fsp3) is 0.647. The van der Waals surface area contributed by atoms with Crippen LogP contribution in [0.4, 0.5) is 0 Å². The van der Waals surface area contributed by atoms with Gasteiger partial charge < -0.3 is 15.4 Å². The summed E-state index contributed by atoms with van der Waals surface area (Å²) in [6, 6.07) is 0. The second-order valence-electron chi connectivity index (χ2n) is 5.66. The maximum Gasteiger partial charge on any atom is 0.307 e. The van der Waals surface area contributed by atoms with E-state index in [1.165, 1.54) is 32.1 Å². The summed E-state index contributed by atoms with van der Waals surface area (Å²) >= 11 is 0. The number of unbranched alkanes of at least 4 members (excludes halogenated alkanes) is 6. The van der Waals surface area contributed by atoms with Crippen molar-refractivity contribution in [3.05, 3.63) is 23.9 Å². The minimum absolute atomic E-state index is 0.163. The van der Waals surface area contributed by atoms with Gasteiger partial charge in [0, 0.05) is 18.2 Å². The summed E-state index contributed by atoms with van der Waals surface area (Å²) in [5.41, 5.74) is 5.75. The van der Waals surface area contributed by atoms with Gasteiger partial charge in [0.05, 0.1) is 6.54 Å². The van der Waals surface area contributed by atoms with Gasteiger partial charge in [0.1, 0.15) is 0 Å². The standard InChI is InChI=1S/C17H28N2O3/c1-2-3-4-5-6-7-8-11-16(20)22-14-19-12-9-10-15(13-19)17(18)21/h9-10,12H,2-8,11,13-14H2,1H3,(H2,18,21). The van der Waals surface area contributed by atoms with Crippen LogP contribution in [0.1, 0.15) is 58.3 Å². The van der Waals surface area contributed by atoms with Crippen LogP contribution in [0.2, 0.25) is 0 Å². The zero-order valence-electron chi connectivity index (χ0n) is 13.6. The fourth-order valence-corrected chi connectivity index (χ4v) is 2.31. The van der Waals surface area contributed by atoms with E-state index < -0.39 is 5.91 Å². The van der Waals surface area contributed by atoms with Gasteiger partial charge in [-0.1, -0.05) is 51.5 Å². The van der Waals surface area contributed by atoms with Crippen molar-refractivity contribution in [1.82, 2.24) is 4.90 Å². The minimum Gasteiger partial charge on any atom is -0.444 e. The number of ether oxygens (including phenoxy) is 1. The lowest BCUT2D eigenvalue weighted by molar-refractivity contribution is -0.147. The van der Waals surface area contributed by atoms with E-state index in [-0.39, 0.29) is 12.7 Å². The molecule has 1 aliphatic rings. The lowest BCUT2D eigenvalue weighted by atomic mass is 10.1. The van der Waals surface area contributed by atoms with Crippen molar-refractivity contribution >= 4 is 11.9 Å². The topological polar surface area (TPSA) is 72.6 Å². The highest BCUT2D eigenvalue weighted by molar-refractivity contribution is 5.92. The number of amides is 1. The van der Waals surface area contributed by atoms with E-state index in [0.717, 1.165) is 12.8 Å². The molecule has 0 bridgehead atoms. The van der Waals surface area contributed by atoms with Crippen molar-refractivity contribution in [2.45, 2.75) is 58.3 Å². The third-order valence-electron chi connectivity index (χ3n) is 3.66. The van der Waals surface area contributed by atoms with Gasteiger partial charge in [0.2, 0.25) is 5.91 Å². The zero-order valence-corrected chi connectivity index (χ0v) is 13.6. The van der Waals surface area contributed by atoms with Gasteiger partial charge in [-0.2, -0.15) is 0 Å². The van der Waals surface area contributed by atoms with E-state index >= 15 is 0 Å². The van der Waals surface area contributed by atoms with Crippen molar-refractivity contribution in [3.63, 3.8) is 0 Å². The minimum atomic E-state index is -0.441. The number of primary amides is 1. The van der Waals surface area contributed by atoms with Crippen LogP contribution in [0.15, 0.2) is 23.9 Å². The smallest absolute Gasteiger partial charge is 0.307 e. The van der Waals surface area contributed by atoms with Crippen LogP contribution < -0.4 is 5.73 Å². The number of nitrogens with two attached hydrogens (primary N) is 1. The predicted octanol–water partition coefficient (Wildman–Crippen LogP) is 2.87. The van der Waals surface area contributed by atoms with Gasteiger partial charge >= 0.3 is 5.97 Å². The molecular weight excluding hydrogens is 280 g/mol. The summed E-state index contributed by atoms with van der Waals surface area (Å²) in [5, 5.41) is 0. The Labute approximate surface area is 133 Å². The lowest BCUT2D eigenvalue weighted by Crippen LogP contribution is -2.31. The molecule has 0 atom stereocenters. The molecule has 5 nitrogen and oxygen atoms in total. The molecule has 1 rings (SSSR count). The first-order valence-electron chi connectivity index (χ1n) is 8.20. The van der Waals surface area contributed by atoms with Crippen molar-refractivity contribution < 1.29 is 14.3 Å². The molecule has 5 heteroatoms. The number of hydrogen-bond donors (Lipinski definition) is 1. The predicted molar refractivity (Wildman–Crippen MR) is 86.7 cm³/mol. The molecule has 2 N–H and O–H groups in total. The van der Waals surface area contributed by atoms with Crippen LogP contribution >= 0.6 is 0 Å². The molecule has 22 heavy (non-hydrogen) atoms. The number of rotatable bonds is 11. The summed E-state index contributed by atoms with van der Waals surface area (Å²) < 4.78 is 5.21. The Hall–Kier alpha value is -1.78. The van der Waals surface area contributed by atoms with Crippen LogP contribution in [-0.4, -0.2) is 30.1 Å². The lowest BCUT2D eigenvalue weighted by Gasteiger charge is -2.22. The highest BCUT2D eigenvalue weighted by atomic mass is 16.5. The molecular formula is C17H28N2O3. The van der Waals surface area contributed by atoms with Gasteiger partial charge in [0.25, 0.3) is 0 Å². The molecule has 0 saturated carbocycles. The first-order valence-corrected chi connectivity index (χ1v) is 8.20. The fourth-order valence-electron chi connectivity index (χ4n) is 2.31. The van der Waals surface area contributed by atoms with Gasteiger partial charge in [-0.05, 0) is 12.5 Å². The van der Waals surface area contributed by atoms with Gasteiger partial charge in [-0.3, -0.25) is 9.59 Å². The molecule has 0 aromatic heterocycles. The summed E-state index contributed by atoms with van der Waals surface area (Å²) in [7, 11) is 0. The van der Waals surface area contributed by atoms with Crippen molar-refractivity contribution in [2.75, 3.05) is 13.3 Å². The monoisotopic (exact) mass is 308 g/mol. The maximum absolute atomic E-state index is 11.7. The number of carbonyl (C=O) groups excluding carboxylic acids is 2. The number of hydrogen-bond acceptors (Lipinski definition) is 4. The average Bonchev–Trinajstić information content (AvgIpc) is 2.52. The molecule has 0 fully saturated rings. The van der Waals surface area contributed by atoms with Gasteiger partial charge in [-0.15, -0.1) is 0 Å². The molecule has 1 amide bonds. The summed E-state index contributed by atoms with van der Waals surface area (Å²) in [4.78, 5) is 24.5. The maximum atomic E-state index is 11.7. The molecule has 0 saturated heterocycles. The SMILES string of the molecule is CCCCCCCCCC(=O)OCN1C=CC=C(C(N)=O)C1. The number of esters is 1. The van der Waals surface area contributed by atoms with E-state index in [4.69, 9.17) is 10.5 Å². The summed E-state index contributed by atoms with van der Waals surface area (Å²) in [5.74, 6) is -0.624. The first-order chi connectivity index (χ1) is 10.6. The van der Waals surface area contributed by atoms with Crippen LogP contribution in [-0.2, 0) is 14.3 Å². The summed E-state index contributed by atoms with van der Waals surface area (Å²) in [6.07, 6.45) is 13.9. The molecule has 0 aromatic carbocycles. The molecule has 0 aromatic rings. The Balaban J connectivity index is 2.05. The average molecular weight is 308 g/mol. The molecule has 1 aliphatic heterocycles.